The molecule has 3 heterocycles. The predicted molar refractivity (Wildman–Crippen MR) is 136 cm³/mol. The van der Waals surface area contributed by atoms with Gasteiger partial charge in [-0.15, -0.1) is 0 Å². The van der Waals surface area contributed by atoms with E-state index in [0.29, 0.717) is 45.3 Å². The van der Waals surface area contributed by atoms with Crippen molar-refractivity contribution in [2.75, 3.05) is 26.1 Å². The lowest BCUT2D eigenvalue weighted by molar-refractivity contribution is -0.141. The van der Waals surface area contributed by atoms with Gasteiger partial charge in [0.05, 0.1) is 24.9 Å². The number of pyridine rings is 2. The molecule has 0 radical (unpaired) electrons. The Morgan fingerprint density at radius 1 is 1.03 bits per heavy atom. The van der Waals surface area contributed by atoms with E-state index in [0.717, 1.165) is 10.7 Å². The number of carbonyl (C=O) groups is 1. The van der Waals surface area contributed by atoms with Crippen LogP contribution < -0.4 is 20.1 Å². The van der Waals surface area contributed by atoms with Crippen molar-refractivity contribution in [3.05, 3.63) is 65.8 Å². The van der Waals surface area contributed by atoms with E-state index in [-0.39, 0.29) is 11.5 Å². The third kappa shape index (κ3) is 5.65. The molecule has 1 aromatic carbocycles. The van der Waals surface area contributed by atoms with Crippen molar-refractivity contribution in [1.29, 1.82) is 0 Å². The number of nitrogens with one attached hydrogen (secondary N) is 2. The Morgan fingerprint density at radius 3 is 2.34 bits per heavy atom. The normalized spacial score (nSPS) is 11.2. The van der Waals surface area contributed by atoms with E-state index < -0.39 is 17.9 Å². The molecule has 0 fully saturated rings. The molecule has 0 saturated carbocycles. The van der Waals surface area contributed by atoms with Crippen LogP contribution in [0.25, 0.3) is 27.9 Å². The van der Waals surface area contributed by atoms with E-state index in [2.05, 4.69) is 25.7 Å². The summed E-state index contributed by atoms with van der Waals surface area (Å²) in [5.74, 6) is 1.02. The molecule has 2 amide bonds. The molecule has 0 aliphatic carbocycles. The van der Waals surface area contributed by atoms with Crippen molar-refractivity contribution in [2.24, 2.45) is 0 Å². The average molecular weight is 547 g/mol. The van der Waals surface area contributed by atoms with Gasteiger partial charge in [0.1, 0.15) is 5.82 Å². The average Bonchev–Trinajstić information content (AvgIpc) is 3.40. The second-order valence-corrected chi connectivity index (χ2v) is 8.27. The summed E-state index contributed by atoms with van der Waals surface area (Å²) in [6.07, 6.45) is 1.09. The number of carbonyl (C=O) groups excluding carboxylic acids is 1. The Labute approximate surface area is 220 Å². The zero-order chi connectivity index (χ0) is 27.4. The summed E-state index contributed by atoms with van der Waals surface area (Å²) in [6, 6.07) is 6.84. The van der Waals surface area contributed by atoms with E-state index in [4.69, 9.17) is 21.1 Å². The van der Waals surface area contributed by atoms with Crippen molar-refractivity contribution in [1.82, 2.24) is 25.1 Å². The van der Waals surface area contributed by atoms with Crippen molar-refractivity contribution in [2.45, 2.75) is 13.1 Å². The van der Waals surface area contributed by atoms with Crippen LogP contribution in [-0.2, 0) is 6.18 Å². The molecule has 4 rings (SSSR count). The molecule has 0 unspecified atom stereocenters. The van der Waals surface area contributed by atoms with Crippen LogP contribution in [0.4, 0.5) is 23.8 Å². The molecule has 38 heavy (non-hydrogen) atoms. The lowest BCUT2D eigenvalue weighted by Crippen LogP contribution is -2.28. The first kappa shape index (κ1) is 26.7. The highest BCUT2D eigenvalue weighted by molar-refractivity contribution is 6.33. The number of methoxy groups -OCH3 is 2. The van der Waals surface area contributed by atoms with Crippen molar-refractivity contribution < 1.29 is 27.4 Å². The van der Waals surface area contributed by atoms with Gasteiger partial charge in [-0.25, -0.2) is 14.5 Å². The van der Waals surface area contributed by atoms with E-state index in [1.165, 1.54) is 38.9 Å². The number of hydrogen-bond acceptors (Lipinski definition) is 6. The molecule has 2 N–H and O–H groups in total. The van der Waals surface area contributed by atoms with Crippen LogP contribution in [0.3, 0.4) is 0 Å². The molecular weight excluding hydrogens is 525 g/mol. The van der Waals surface area contributed by atoms with Gasteiger partial charge in [0.2, 0.25) is 0 Å². The first-order valence-corrected chi connectivity index (χ1v) is 11.6. The Balaban J connectivity index is 1.83. The van der Waals surface area contributed by atoms with Crippen molar-refractivity contribution in [3.8, 4) is 39.4 Å². The smallest absolute Gasteiger partial charge is 0.435 e. The van der Waals surface area contributed by atoms with Crippen molar-refractivity contribution in [3.63, 3.8) is 0 Å². The first-order chi connectivity index (χ1) is 18.1. The number of anilines is 1. The summed E-state index contributed by atoms with van der Waals surface area (Å²) in [7, 11) is 2.99. The number of benzene rings is 1. The molecule has 0 aliphatic heterocycles. The van der Waals surface area contributed by atoms with Gasteiger partial charge in [0.25, 0.3) is 0 Å². The number of aromatic nitrogens is 4. The molecule has 0 atom stereocenters. The predicted octanol–water partition coefficient (Wildman–Crippen LogP) is 5.83. The third-order valence-corrected chi connectivity index (χ3v) is 5.73. The van der Waals surface area contributed by atoms with E-state index in [1.807, 2.05) is 0 Å². The van der Waals surface area contributed by atoms with Gasteiger partial charge in [-0.3, -0.25) is 10.3 Å². The fourth-order valence-electron chi connectivity index (χ4n) is 3.67. The molecule has 0 spiro atoms. The highest BCUT2D eigenvalue weighted by Gasteiger charge is 2.34. The van der Waals surface area contributed by atoms with Gasteiger partial charge in [0.15, 0.2) is 17.2 Å². The summed E-state index contributed by atoms with van der Waals surface area (Å²) in [5, 5.41) is 9.20. The number of ether oxygens (including phenoxy) is 2. The maximum Gasteiger partial charge on any atom is 0.435 e. The second-order valence-electron chi connectivity index (χ2n) is 7.86. The maximum atomic E-state index is 13.3. The molecule has 3 aromatic heterocycles. The van der Waals surface area contributed by atoms with Crippen LogP contribution in [0, 0.1) is 0 Å². The van der Waals surface area contributed by atoms with E-state index >= 15 is 0 Å². The number of amides is 2. The highest BCUT2D eigenvalue weighted by atomic mass is 35.5. The minimum atomic E-state index is -4.63. The number of halogens is 4. The summed E-state index contributed by atoms with van der Waals surface area (Å²) in [6.45, 7) is 2.12. The van der Waals surface area contributed by atoms with Crippen LogP contribution in [0.15, 0.2) is 55.1 Å². The maximum absolute atomic E-state index is 13.3. The summed E-state index contributed by atoms with van der Waals surface area (Å²) in [5.41, 5.74) is 1.31. The van der Waals surface area contributed by atoms with Crippen molar-refractivity contribution >= 4 is 23.4 Å². The zero-order valence-corrected chi connectivity index (χ0v) is 21.2. The summed E-state index contributed by atoms with van der Waals surface area (Å²) in [4.78, 5) is 20.6. The van der Waals surface area contributed by atoms with Gasteiger partial charge in [-0.2, -0.15) is 18.3 Å². The van der Waals surface area contributed by atoms with Crippen LogP contribution in [0.1, 0.15) is 12.6 Å². The Morgan fingerprint density at radius 2 is 1.71 bits per heavy atom. The topological polar surface area (TPSA) is 103 Å². The quantitative estimate of drug-likeness (QED) is 0.302. The molecule has 13 heteroatoms. The fourth-order valence-corrected chi connectivity index (χ4v) is 3.93. The van der Waals surface area contributed by atoms with Crippen LogP contribution in [-0.4, -0.2) is 46.5 Å². The molecule has 0 bridgehead atoms. The largest absolute Gasteiger partial charge is 0.493 e. The molecule has 4 aromatic rings. The number of alkyl halides is 3. The standard InChI is InChI=1S/C25H22ClF3N6O3/c1-4-31-24(36)33-23-10-19(35-6-5-22(34-35)25(27,28)29)17(13-32-23)15-7-14(11-30-12-15)16-8-20(37-2)21(38-3)9-18(16)26/h5-13H,4H2,1-3H3,(H2,31,32,33,36). The molecular formula is C25H22ClF3N6O3. The van der Waals surface area contributed by atoms with E-state index in [1.54, 1.807) is 31.3 Å². The Bertz CT molecular complexity index is 1480. The third-order valence-electron chi connectivity index (χ3n) is 5.42. The zero-order valence-electron chi connectivity index (χ0n) is 20.4. The van der Waals surface area contributed by atoms with Gasteiger partial charge >= 0.3 is 12.2 Å². The summed E-state index contributed by atoms with van der Waals surface area (Å²) < 4.78 is 51.6. The summed E-state index contributed by atoms with van der Waals surface area (Å²) >= 11 is 6.50. The lowest BCUT2D eigenvalue weighted by Gasteiger charge is -2.15. The second kappa shape index (κ2) is 11.0. The van der Waals surface area contributed by atoms with Crippen LogP contribution >= 0.6 is 11.6 Å². The van der Waals surface area contributed by atoms with Gasteiger partial charge in [-0.1, -0.05) is 11.6 Å². The Hall–Kier alpha value is -4.32. The highest BCUT2D eigenvalue weighted by Crippen LogP contribution is 2.39. The Kier molecular flexibility index (Phi) is 7.72. The number of nitrogens with zero attached hydrogens (tertiary/aromatic N) is 4. The first-order valence-electron chi connectivity index (χ1n) is 11.2. The molecule has 0 saturated heterocycles. The fraction of sp³-hybridized carbons (Fsp3) is 0.200. The van der Waals surface area contributed by atoms with Gasteiger partial charge in [0, 0.05) is 65.7 Å². The van der Waals surface area contributed by atoms with Crippen LogP contribution in [0.2, 0.25) is 5.02 Å². The lowest BCUT2D eigenvalue weighted by atomic mass is 10.0. The van der Waals surface area contributed by atoms with E-state index in [9.17, 15) is 18.0 Å². The number of rotatable bonds is 7. The number of urea groups is 1. The SMILES string of the molecule is CCNC(=O)Nc1cc(-n2ccc(C(F)(F)F)n2)c(-c2cncc(-c3cc(OC)c(OC)cc3Cl)c2)cn1. The van der Waals surface area contributed by atoms with Gasteiger partial charge < -0.3 is 14.8 Å². The molecule has 0 aliphatic rings. The molecule has 198 valence electrons. The van der Waals surface area contributed by atoms with Crippen LogP contribution in [0.5, 0.6) is 11.5 Å². The molecule has 9 nitrogen and oxygen atoms in total. The monoisotopic (exact) mass is 546 g/mol. The minimum Gasteiger partial charge on any atom is -0.493 e. The van der Waals surface area contributed by atoms with Gasteiger partial charge in [-0.05, 0) is 25.1 Å². The number of hydrogen-bond donors (Lipinski definition) is 2. The minimum absolute atomic E-state index is 0.116.